The zero-order chi connectivity index (χ0) is 52.2. The van der Waals surface area contributed by atoms with E-state index in [-0.39, 0.29) is 48.1 Å². The Morgan fingerprint density at radius 2 is 0.611 bits per heavy atom. The van der Waals surface area contributed by atoms with E-state index in [1.54, 1.807) is 0 Å². The van der Waals surface area contributed by atoms with Crippen molar-refractivity contribution in [1.29, 1.82) is 0 Å². The van der Waals surface area contributed by atoms with Gasteiger partial charge in [-0.05, 0) is 126 Å². The monoisotopic (exact) mass is 975 g/mol. The van der Waals surface area contributed by atoms with Crippen molar-refractivity contribution in [2.75, 3.05) is 13.2 Å². The summed E-state index contributed by atoms with van der Waals surface area (Å²) >= 11 is 0. The molecule has 2 aromatic heterocycles. The normalized spacial score (nSPS) is 13.2. The Balaban J connectivity index is 1.61. The molecular formula is C64H82N2O6. The van der Waals surface area contributed by atoms with Crippen LogP contribution in [0, 0.1) is 0 Å². The number of pyridine rings is 2. The Hall–Kier alpha value is -5.70. The molecule has 0 unspecified atom stereocenters. The van der Waals surface area contributed by atoms with Gasteiger partial charge in [0.15, 0.2) is 0 Å². The van der Waals surface area contributed by atoms with Crippen molar-refractivity contribution in [2.24, 2.45) is 0 Å². The van der Waals surface area contributed by atoms with Gasteiger partial charge in [0.1, 0.15) is 36.2 Å². The number of ether oxygens (including phenoxy) is 4. The maximum atomic E-state index is 10.1. The second-order valence-corrected chi connectivity index (χ2v) is 24.0. The summed E-state index contributed by atoms with van der Waals surface area (Å²) in [6.45, 7) is 33.0. The van der Waals surface area contributed by atoms with Crippen LogP contribution in [-0.2, 0) is 73.8 Å². The molecule has 1 aliphatic carbocycles. The van der Waals surface area contributed by atoms with Gasteiger partial charge in [-0.25, -0.2) is 0 Å². The van der Waals surface area contributed by atoms with Crippen molar-refractivity contribution in [3.05, 3.63) is 174 Å². The zero-order valence-corrected chi connectivity index (χ0v) is 46.0. The minimum atomic E-state index is -0.182. The van der Waals surface area contributed by atoms with E-state index in [4.69, 9.17) is 28.9 Å². The molecule has 0 atom stereocenters. The summed E-state index contributed by atoms with van der Waals surface area (Å²) in [4.78, 5) is 9.53. The number of aromatic nitrogens is 2. The van der Waals surface area contributed by atoms with E-state index >= 15 is 0 Å². The van der Waals surface area contributed by atoms with Crippen LogP contribution in [0.3, 0.4) is 0 Å². The van der Waals surface area contributed by atoms with Gasteiger partial charge in [0, 0.05) is 25.7 Å². The van der Waals surface area contributed by atoms with Gasteiger partial charge in [-0.3, -0.25) is 9.97 Å². The number of nitrogens with zero attached hydrogens (tertiary/aromatic N) is 2. The Bertz CT molecular complexity index is 2560. The van der Waals surface area contributed by atoms with Crippen molar-refractivity contribution >= 4 is 0 Å². The summed E-state index contributed by atoms with van der Waals surface area (Å²) in [7, 11) is 0. The Kier molecular flexibility index (Phi) is 16.7. The molecule has 0 fully saturated rings. The van der Waals surface area contributed by atoms with Crippen molar-refractivity contribution < 1.29 is 29.2 Å². The van der Waals surface area contributed by atoms with Crippen LogP contribution in [0.1, 0.15) is 199 Å². The van der Waals surface area contributed by atoms with Gasteiger partial charge in [-0.1, -0.05) is 158 Å². The quantitative estimate of drug-likeness (QED) is 0.111. The summed E-state index contributed by atoms with van der Waals surface area (Å²) in [5.74, 6) is 3.44. The van der Waals surface area contributed by atoms with Crippen molar-refractivity contribution in [1.82, 2.24) is 9.97 Å². The third-order valence-electron chi connectivity index (χ3n) is 13.6. The van der Waals surface area contributed by atoms with Crippen molar-refractivity contribution in [2.45, 2.75) is 184 Å². The van der Waals surface area contributed by atoms with Gasteiger partial charge in [0.2, 0.25) is 0 Å². The molecule has 2 heterocycles. The molecule has 0 saturated heterocycles. The predicted molar refractivity (Wildman–Crippen MR) is 292 cm³/mol. The minimum Gasteiger partial charge on any atom is -0.493 e. The SMILES string of the molecule is CCCOc1c2cc(C(C)(C)C)cc1Cc1cc(C(C)(C)C)cc(c1OCc1cccc(CO)n1)Cc1cc(C(C)(C)C)cc(c1OCCC)Cc1cc(C(C)(C)C)cc(c1OCc1cccc(CO)n1)C2. The lowest BCUT2D eigenvalue weighted by Crippen LogP contribution is -2.18. The number of benzene rings is 4. The molecular weight excluding hydrogens is 893 g/mol. The highest BCUT2D eigenvalue weighted by molar-refractivity contribution is 5.60. The number of hydrogen-bond acceptors (Lipinski definition) is 8. The van der Waals surface area contributed by atoms with E-state index in [0.29, 0.717) is 50.3 Å². The van der Waals surface area contributed by atoms with Gasteiger partial charge < -0.3 is 29.2 Å². The number of aliphatic hydroxyl groups excluding tert-OH is 2. The van der Waals surface area contributed by atoms with Crippen LogP contribution in [0.5, 0.6) is 23.0 Å². The van der Waals surface area contributed by atoms with Gasteiger partial charge in [-0.2, -0.15) is 0 Å². The molecule has 2 N–H and O–H groups in total. The second kappa shape index (κ2) is 22.2. The fourth-order valence-corrected chi connectivity index (χ4v) is 9.46. The van der Waals surface area contributed by atoms with Crippen LogP contribution in [0.15, 0.2) is 84.9 Å². The summed E-state index contributed by atoms with van der Waals surface area (Å²) in [5.41, 5.74) is 15.6. The lowest BCUT2D eigenvalue weighted by Gasteiger charge is -2.29. The lowest BCUT2D eigenvalue weighted by molar-refractivity contribution is 0.271. The molecule has 4 aromatic carbocycles. The Morgan fingerprint density at radius 1 is 0.375 bits per heavy atom. The highest BCUT2D eigenvalue weighted by atomic mass is 16.5. The molecule has 7 rings (SSSR count). The number of hydrogen-bond donors (Lipinski definition) is 2. The van der Waals surface area contributed by atoms with E-state index in [9.17, 15) is 10.2 Å². The molecule has 8 bridgehead atoms. The highest BCUT2D eigenvalue weighted by Gasteiger charge is 2.30. The smallest absolute Gasteiger partial charge is 0.130 e. The first-order chi connectivity index (χ1) is 34.0. The summed E-state index contributed by atoms with van der Waals surface area (Å²) in [6, 6.07) is 30.3. The third kappa shape index (κ3) is 13.1. The average molecular weight is 975 g/mol. The summed E-state index contributed by atoms with van der Waals surface area (Å²) < 4.78 is 28.4. The first kappa shape index (κ1) is 54.1. The molecule has 8 nitrogen and oxygen atoms in total. The molecule has 0 amide bonds. The third-order valence-corrected chi connectivity index (χ3v) is 13.6. The van der Waals surface area contributed by atoms with E-state index in [1.165, 1.54) is 22.3 Å². The first-order valence-electron chi connectivity index (χ1n) is 26.3. The maximum Gasteiger partial charge on any atom is 0.130 e. The molecule has 72 heavy (non-hydrogen) atoms. The molecule has 384 valence electrons. The molecule has 0 saturated carbocycles. The Labute approximate surface area is 431 Å². The van der Waals surface area contributed by atoms with Crippen LogP contribution >= 0.6 is 0 Å². The standard InChI is InChI=1S/C64H82N2O6/c1-15-23-69-57-41-25-45-33-51(63(9,10)11)35-47(59(45)71-39-55-21-17-19-53(37-67)65-55)27-43-31-50(62(6,7)8)32-44(58(43)70-24-16-2)28-48-36-52(64(12,13)14)34-46(26-42(57)30-49(29-41)61(3,4)5)60(48)72-40-56-22-18-20-54(38-68)66-56/h17-22,29-36,67-68H,15-16,23-28,37-40H2,1-14H3. The zero-order valence-electron chi connectivity index (χ0n) is 46.0. The molecule has 0 radical (unpaired) electrons. The van der Waals surface area contributed by atoms with Crippen LogP contribution < -0.4 is 18.9 Å². The minimum absolute atomic E-state index is 0.144. The predicted octanol–water partition coefficient (Wildman–Crippen LogP) is 14.1. The topological polar surface area (TPSA) is 103 Å². The number of aliphatic hydroxyl groups is 2. The van der Waals surface area contributed by atoms with Gasteiger partial charge in [-0.15, -0.1) is 0 Å². The molecule has 6 aromatic rings. The molecule has 0 spiro atoms. The van der Waals surface area contributed by atoms with E-state index in [0.717, 1.165) is 91.7 Å². The van der Waals surface area contributed by atoms with Gasteiger partial charge in [0.25, 0.3) is 0 Å². The van der Waals surface area contributed by atoms with Crippen LogP contribution in [0.25, 0.3) is 0 Å². The molecule has 8 heteroatoms. The maximum absolute atomic E-state index is 10.1. The Morgan fingerprint density at radius 3 is 0.833 bits per heavy atom. The fraction of sp³-hybridized carbons (Fsp3) is 0.469. The summed E-state index contributed by atoms with van der Waals surface area (Å²) in [5, 5.41) is 20.1. The largest absolute Gasteiger partial charge is 0.493 e. The van der Waals surface area contributed by atoms with Gasteiger partial charge in [0.05, 0.1) is 49.2 Å². The molecule has 0 aliphatic heterocycles. The average Bonchev–Trinajstić information content (AvgIpc) is 3.31. The van der Waals surface area contributed by atoms with Crippen molar-refractivity contribution in [3.8, 4) is 23.0 Å². The number of rotatable bonds is 14. The summed E-state index contributed by atoms with van der Waals surface area (Å²) in [6.07, 6.45) is 3.94. The lowest BCUT2D eigenvalue weighted by atomic mass is 9.79. The van der Waals surface area contributed by atoms with E-state index in [2.05, 4.69) is 145 Å². The molecule has 1 aliphatic rings. The number of fused-ring (bicyclic) bond motifs is 8. The first-order valence-corrected chi connectivity index (χ1v) is 26.3. The fourth-order valence-electron chi connectivity index (χ4n) is 9.46. The van der Waals surface area contributed by atoms with Crippen LogP contribution in [0.4, 0.5) is 0 Å². The van der Waals surface area contributed by atoms with E-state index < -0.39 is 0 Å². The van der Waals surface area contributed by atoms with Crippen LogP contribution in [0.2, 0.25) is 0 Å². The second-order valence-electron chi connectivity index (χ2n) is 24.0. The van der Waals surface area contributed by atoms with Crippen LogP contribution in [-0.4, -0.2) is 33.4 Å². The van der Waals surface area contributed by atoms with Crippen molar-refractivity contribution in [3.63, 3.8) is 0 Å². The van der Waals surface area contributed by atoms with Gasteiger partial charge >= 0.3 is 0 Å². The highest BCUT2D eigenvalue weighted by Crippen LogP contribution is 2.45. The van der Waals surface area contributed by atoms with E-state index in [1.807, 2.05) is 36.4 Å².